The highest BCUT2D eigenvalue weighted by molar-refractivity contribution is 8.03. The van der Waals surface area contributed by atoms with E-state index in [1.54, 1.807) is 6.92 Å². The van der Waals surface area contributed by atoms with Crippen molar-refractivity contribution in [3.8, 4) is 0 Å². The molecule has 43 heavy (non-hydrogen) atoms. The van der Waals surface area contributed by atoms with Crippen LogP contribution in [0.5, 0.6) is 0 Å². The molecule has 7 rings (SSSR count). The molecule has 6 aliphatic rings. The number of carbonyl (C=O) groups excluding carboxylic acids is 3. The van der Waals surface area contributed by atoms with Crippen LogP contribution in [0.4, 0.5) is 0 Å². The van der Waals surface area contributed by atoms with Crippen LogP contribution in [0, 0.1) is 17.3 Å². The average Bonchev–Trinajstić information content (AvgIpc) is 3.78. The normalized spacial score (nSPS) is 37.2. The maximum Gasteiger partial charge on any atom is 0.353 e. The average molecular weight is 614 g/mol. The predicted octanol–water partition coefficient (Wildman–Crippen LogP) is -0.452. The van der Waals surface area contributed by atoms with Crippen LogP contribution in [-0.2, 0) is 25.7 Å². The molecule has 0 radical (unpaired) electrons. The molecule has 4 N–H and O–H groups in total. The largest absolute Gasteiger partial charge is 0.477 e. The number of carbonyl (C=O) groups is 4. The molecule has 8 atom stereocenters. The van der Waals surface area contributed by atoms with Gasteiger partial charge in [0, 0.05) is 53.8 Å². The number of rotatable bonds is 8. The Kier molecular flexibility index (Phi) is 7.24. The Hall–Kier alpha value is -3.04. The van der Waals surface area contributed by atoms with Gasteiger partial charge in [-0.05, 0) is 61.3 Å². The van der Waals surface area contributed by atoms with Gasteiger partial charge in [-0.2, -0.15) is 0 Å². The lowest BCUT2D eigenvalue weighted by atomic mass is 9.75. The van der Waals surface area contributed by atoms with E-state index in [9.17, 15) is 24.3 Å². The molecule has 2 bridgehead atoms. The van der Waals surface area contributed by atoms with E-state index in [-0.39, 0.29) is 58.6 Å². The van der Waals surface area contributed by atoms with Crippen molar-refractivity contribution in [2.24, 2.45) is 17.3 Å². The van der Waals surface area contributed by atoms with Crippen LogP contribution in [-0.4, -0.2) is 114 Å². The standard InChI is InChI=1S/C28H39N9O5S/c1-14-22-21(15(2)31-20(38)11-36-13-30-33-34-36)26(40)37(22)23(27(41)42)24(14)43-18-7-19(29-10-18)25(39)35-6-5-28(12-35)8-16-3-4-17(9-28)32-16/h13-19,21-22,29,32H,3-12H2,1-2H3,(H,31,38)(H,41,42)/t14-,15-,16?,17?,18?,19?,21-,22-,28?/m1/s1. The van der Waals surface area contributed by atoms with Gasteiger partial charge >= 0.3 is 5.97 Å². The van der Waals surface area contributed by atoms with Crippen LogP contribution in [0.15, 0.2) is 16.9 Å². The highest BCUT2D eigenvalue weighted by Gasteiger charge is 2.60. The summed E-state index contributed by atoms with van der Waals surface area (Å²) in [7, 11) is 0. The fraction of sp³-hybridized carbons (Fsp3) is 0.750. The molecule has 6 aliphatic heterocycles. The van der Waals surface area contributed by atoms with Crippen molar-refractivity contribution in [2.45, 2.75) is 94.4 Å². The van der Waals surface area contributed by atoms with Gasteiger partial charge in [-0.15, -0.1) is 16.9 Å². The quantitative estimate of drug-likeness (QED) is 0.280. The lowest BCUT2D eigenvalue weighted by Crippen LogP contribution is -2.66. The third kappa shape index (κ3) is 5.02. The number of carboxylic acid groups (broad SMARTS) is 1. The third-order valence-electron chi connectivity index (χ3n) is 10.5. The van der Waals surface area contributed by atoms with E-state index in [1.165, 1.54) is 40.5 Å². The number of hydrogen-bond donors (Lipinski definition) is 4. The summed E-state index contributed by atoms with van der Waals surface area (Å²) in [6.45, 7) is 5.89. The first-order chi connectivity index (χ1) is 20.6. The number of likely N-dealkylation sites (tertiary alicyclic amines) is 1. The van der Waals surface area contributed by atoms with Crippen molar-refractivity contribution in [2.75, 3.05) is 19.6 Å². The number of hydrogen-bond acceptors (Lipinski definition) is 10. The third-order valence-corrected chi connectivity index (χ3v) is 12.1. The minimum atomic E-state index is -1.13. The Labute approximate surface area is 253 Å². The van der Waals surface area contributed by atoms with E-state index < -0.39 is 17.9 Å². The maximum atomic E-state index is 13.6. The van der Waals surface area contributed by atoms with Gasteiger partial charge < -0.3 is 30.9 Å². The Morgan fingerprint density at radius 2 is 2.02 bits per heavy atom. The Morgan fingerprint density at radius 3 is 2.72 bits per heavy atom. The van der Waals surface area contributed by atoms with E-state index in [0.29, 0.717) is 30.0 Å². The highest BCUT2D eigenvalue weighted by atomic mass is 32.2. The van der Waals surface area contributed by atoms with Crippen LogP contribution in [0.3, 0.4) is 0 Å². The summed E-state index contributed by atoms with van der Waals surface area (Å²) >= 11 is 1.48. The fourth-order valence-corrected chi connectivity index (χ4v) is 10.2. The first kappa shape index (κ1) is 28.7. The molecule has 1 aromatic heterocycles. The second kappa shape index (κ2) is 10.8. The van der Waals surface area contributed by atoms with Gasteiger partial charge in [-0.25, -0.2) is 9.48 Å². The van der Waals surface area contributed by atoms with Crippen LogP contribution in [0.2, 0.25) is 0 Å². The van der Waals surface area contributed by atoms with E-state index in [2.05, 4.69) is 36.4 Å². The summed E-state index contributed by atoms with van der Waals surface area (Å²) in [5.74, 6) is -2.35. The van der Waals surface area contributed by atoms with Crippen LogP contribution in [0.1, 0.15) is 52.4 Å². The molecule has 0 aliphatic carbocycles. The predicted molar refractivity (Wildman–Crippen MR) is 154 cm³/mol. The molecule has 14 nitrogen and oxygen atoms in total. The summed E-state index contributed by atoms with van der Waals surface area (Å²) < 4.78 is 1.29. The van der Waals surface area contributed by atoms with Gasteiger partial charge in [0.05, 0.1) is 18.0 Å². The fourth-order valence-electron chi connectivity index (χ4n) is 8.68. The Balaban J connectivity index is 0.972. The topological polar surface area (TPSA) is 175 Å². The second-order valence-electron chi connectivity index (χ2n) is 13.4. The maximum absolute atomic E-state index is 13.6. The van der Waals surface area contributed by atoms with E-state index in [1.807, 2.05) is 6.92 Å². The van der Waals surface area contributed by atoms with Gasteiger partial charge in [-0.1, -0.05) is 6.92 Å². The van der Waals surface area contributed by atoms with Crippen molar-refractivity contribution in [1.29, 1.82) is 0 Å². The van der Waals surface area contributed by atoms with Gasteiger partial charge in [0.15, 0.2) is 0 Å². The number of fused-ring (bicyclic) bond motifs is 3. The van der Waals surface area contributed by atoms with Gasteiger partial charge in [0.25, 0.3) is 0 Å². The second-order valence-corrected chi connectivity index (χ2v) is 14.7. The molecular weight excluding hydrogens is 574 g/mol. The van der Waals surface area contributed by atoms with Crippen molar-refractivity contribution < 1.29 is 24.3 Å². The molecule has 1 aromatic rings. The summed E-state index contributed by atoms with van der Waals surface area (Å²) in [6, 6.07) is 0.0703. The van der Waals surface area contributed by atoms with Gasteiger partial charge in [-0.3, -0.25) is 14.4 Å². The highest BCUT2D eigenvalue weighted by Crippen LogP contribution is 2.52. The number of thioether (sulfide) groups is 1. The summed E-state index contributed by atoms with van der Waals surface area (Å²) in [5.41, 5.74) is 0.286. The number of aliphatic carboxylic acids is 1. The van der Waals surface area contributed by atoms with E-state index in [4.69, 9.17) is 0 Å². The molecule has 15 heteroatoms. The smallest absolute Gasteiger partial charge is 0.353 e. The van der Waals surface area contributed by atoms with Crippen molar-refractivity contribution in [3.05, 3.63) is 16.9 Å². The molecule has 0 saturated carbocycles. The zero-order chi connectivity index (χ0) is 30.0. The first-order valence-corrected chi connectivity index (χ1v) is 16.3. The van der Waals surface area contributed by atoms with Crippen molar-refractivity contribution in [1.82, 2.24) is 46.0 Å². The Morgan fingerprint density at radius 1 is 1.26 bits per heavy atom. The molecule has 4 unspecified atom stereocenters. The number of nitrogens with zero attached hydrogens (tertiary/aromatic N) is 6. The van der Waals surface area contributed by atoms with Gasteiger partial charge in [0.1, 0.15) is 18.6 Å². The summed E-state index contributed by atoms with van der Waals surface area (Å²) in [5, 5.41) is 30.9. The molecule has 5 fully saturated rings. The number of β-lactam (4-membered cyclic amide) rings is 1. The number of piperidine rings is 1. The van der Waals surface area contributed by atoms with Crippen molar-refractivity contribution in [3.63, 3.8) is 0 Å². The van der Waals surface area contributed by atoms with E-state index in [0.717, 1.165) is 32.4 Å². The van der Waals surface area contributed by atoms with Gasteiger partial charge in [0.2, 0.25) is 17.7 Å². The molecule has 7 heterocycles. The molecule has 3 amide bonds. The zero-order valence-corrected chi connectivity index (χ0v) is 25.3. The van der Waals surface area contributed by atoms with E-state index >= 15 is 0 Å². The van der Waals surface area contributed by atoms with Crippen LogP contribution >= 0.6 is 11.8 Å². The number of carboxylic acids is 1. The summed E-state index contributed by atoms with van der Waals surface area (Å²) in [4.78, 5) is 55.9. The molecule has 5 saturated heterocycles. The first-order valence-electron chi connectivity index (χ1n) is 15.4. The molecule has 232 valence electrons. The number of tetrazole rings is 1. The van der Waals surface area contributed by atoms with Crippen LogP contribution in [0.25, 0.3) is 0 Å². The minimum Gasteiger partial charge on any atom is -0.477 e. The number of amides is 3. The molecule has 1 spiro atoms. The monoisotopic (exact) mass is 613 g/mol. The number of nitrogens with one attached hydrogen (secondary N) is 3. The summed E-state index contributed by atoms with van der Waals surface area (Å²) in [6.07, 6.45) is 7.84. The Bertz CT molecular complexity index is 1340. The minimum absolute atomic E-state index is 0.0210. The number of aromatic nitrogens is 4. The molecule has 0 aromatic carbocycles. The lowest BCUT2D eigenvalue weighted by Gasteiger charge is -2.47. The SMILES string of the molecule is C[C@@H](NC(=O)Cn1cnnn1)[C@H]1C(=O)N2C(C(=O)O)=C(SC3CNC(C(=O)N4CCC5(CC6CCC(C5)N6)C4)C3)[C@H](C)[C@H]12. The van der Waals surface area contributed by atoms with Crippen LogP contribution < -0.4 is 16.0 Å². The molecular formula is C28H39N9O5S. The van der Waals surface area contributed by atoms with Crippen molar-refractivity contribution >= 4 is 35.5 Å². The zero-order valence-electron chi connectivity index (χ0n) is 24.4. The lowest BCUT2D eigenvalue weighted by molar-refractivity contribution is -0.158.